The number of allylic oxidation sites excluding steroid dienone is 12. The Balaban J connectivity index is 4.13. The molecule has 2 unspecified atom stereocenters. The molecule has 470 valence electrons. The minimum atomic E-state index is -1.62. The Morgan fingerprint density at radius 3 is 1.05 bits per heavy atom. The Bertz CT molecular complexity index is 1560. The van der Waals surface area contributed by atoms with Gasteiger partial charge in [-0.1, -0.05) is 305 Å². The summed E-state index contributed by atoms with van der Waals surface area (Å²) in [7, 11) is 5.93. The number of ether oxygens (including phenoxy) is 4. The highest BCUT2D eigenvalue weighted by Crippen LogP contribution is 2.18. The van der Waals surface area contributed by atoms with Gasteiger partial charge in [0.15, 0.2) is 12.4 Å². The summed E-state index contributed by atoms with van der Waals surface area (Å²) in [6.45, 7) is 4.68. The van der Waals surface area contributed by atoms with E-state index in [0.717, 1.165) is 77.0 Å². The number of carbonyl (C=O) groups is 3. The zero-order chi connectivity index (χ0) is 59.1. The van der Waals surface area contributed by atoms with E-state index in [9.17, 15) is 19.5 Å². The van der Waals surface area contributed by atoms with E-state index < -0.39 is 24.3 Å². The molecule has 0 aliphatic carbocycles. The summed E-state index contributed by atoms with van der Waals surface area (Å²) in [5.74, 6) is -2.27. The first kappa shape index (κ1) is 77.7. The normalized spacial score (nSPS) is 13.1. The third-order valence-electron chi connectivity index (χ3n) is 15.0. The van der Waals surface area contributed by atoms with E-state index in [0.29, 0.717) is 23.9 Å². The second kappa shape index (κ2) is 62.8. The van der Waals surface area contributed by atoms with Gasteiger partial charge in [-0.15, -0.1) is 0 Å². The van der Waals surface area contributed by atoms with Crippen molar-refractivity contribution in [3.8, 4) is 0 Å². The SMILES string of the molecule is CC/C=C\C/C=C\C/C=C\C/C=C\C/C=C\C/C=C\CCCCCCCCCCCCCCC(=O)OC(COC(=O)CCCCCCCCCCCCCCCCCCCCCCCCCCC)COC(OCC[N+](C)(C)C)C(=O)[O-]. The largest absolute Gasteiger partial charge is 0.545 e. The minimum absolute atomic E-state index is 0.147. The van der Waals surface area contributed by atoms with E-state index in [1.165, 1.54) is 199 Å². The maximum Gasteiger partial charge on any atom is 0.306 e. The molecule has 0 aromatic heterocycles. The average molecular weight is 1140 g/mol. The molecule has 0 saturated carbocycles. The smallest absolute Gasteiger partial charge is 0.306 e. The van der Waals surface area contributed by atoms with E-state index in [4.69, 9.17) is 18.9 Å². The summed E-state index contributed by atoms with van der Waals surface area (Å²) in [6, 6.07) is 0. The van der Waals surface area contributed by atoms with Gasteiger partial charge in [-0.25, -0.2) is 0 Å². The molecule has 9 nitrogen and oxygen atoms in total. The van der Waals surface area contributed by atoms with Gasteiger partial charge >= 0.3 is 11.9 Å². The van der Waals surface area contributed by atoms with E-state index >= 15 is 0 Å². The molecule has 81 heavy (non-hydrogen) atoms. The molecule has 0 rings (SSSR count). The maximum absolute atomic E-state index is 12.9. The number of carboxylic acid groups (broad SMARTS) is 1. The van der Waals surface area contributed by atoms with Crippen LogP contribution in [0.15, 0.2) is 72.9 Å². The molecule has 2 atom stereocenters. The molecule has 0 aliphatic heterocycles. The lowest BCUT2D eigenvalue weighted by atomic mass is 10.0. The van der Waals surface area contributed by atoms with Crippen LogP contribution in [0.1, 0.15) is 309 Å². The van der Waals surface area contributed by atoms with Gasteiger partial charge in [0.25, 0.3) is 0 Å². The van der Waals surface area contributed by atoms with Gasteiger partial charge in [0, 0.05) is 12.8 Å². The van der Waals surface area contributed by atoms with Gasteiger partial charge in [0.1, 0.15) is 13.2 Å². The van der Waals surface area contributed by atoms with Crippen molar-refractivity contribution >= 4 is 17.9 Å². The van der Waals surface area contributed by atoms with E-state index in [2.05, 4.69) is 86.8 Å². The first-order valence-electron chi connectivity index (χ1n) is 34.1. The van der Waals surface area contributed by atoms with Crippen LogP contribution in [0.4, 0.5) is 0 Å². The number of quaternary nitrogens is 1. The molecule has 0 radical (unpaired) electrons. The number of esters is 2. The summed E-state index contributed by atoms with van der Waals surface area (Å²) in [4.78, 5) is 37.5. The van der Waals surface area contributed by atoms with E-state index in [1.54, 1.807) is 0 Å². The van der Waals surface area contributed by atoms with Gasteiger partial charge in [0.2, 0.25) is 0 Å². The Morgan fingerprint density at radius 1 is 0.383 bits per heavy atom. The monoisotopic (exact) mass is 1140 g/mol. The molecule has 0 N–H and O–H groups in total. The van der Waals surface area contributed by atoms with Crippen LogP contribution in [0, 0.1) is 0 Å². The van der Waals surface area contributed by atoms with Gasteiger partial charge in [-0.05, 0) is 64.2 Å². The molecule has 0 amide bonds. The Labute approximate surface area is 500 Å². The average Bonchev–Trinajstić information content (AvgIpc) is 3.44. The minimum Gasteiger partial charge on any atom is -0.545 e. The Kier molecular flexibility index (Phi) is 60.2. The van der Waals surface area contributed by atoms with Crippen LogP contribution in [0.5, 0.6) is 0 Å². The molecule has 0 heterocycles. The van der Waals surface area contributed by atoms with Crippen molar-refractivity contribution in [1.29, 1.82) is 0 Å². The first-order valence-corrected chi connectivity index (χ1v) is 34.1. The fourth-order valence-electron chi connectivity index (χ4n) is 9.78. The molecule has 0 spiro atoms. The number of hydrogen-bond acceptors (Lipinski definition) is 8. The number of aliphatic carboxylic acids is 1. The van der Waals surface area contributed by atoms with Crippen LogP contribution in [0.2, 0.25) is 0 Å². The fourth-order valence-corrected chi connectivity index (χ4v) is 9.78. The van der Waals surface area contributed by atoms with Crippen LogP contribution in [-0.2, 0) is 33.3 Å². The molecule has 0 aliphatic rings. The lowest BCUT2D eigenvalue weighted by Gasteiger charge is -2.26. The molecule has 0 saturated heterocycles. The van der Waals surface area contributed by atoms with Crippen LogP contribution in [0.25, 0.3) is 0 Å². The highest BCUT2D eigenvalue weighted by atomic mass is 16.7. The number of hydrogen-bond donors (Lipinski definition) is 0. The second-order valence-corrected chi connectivity index (χ2v) is 24.1. The third kappa shape index (κ3) is 64.1. The van der Waals surface area contributed by atoms with Crippen LogP contribution >= 0.6 is 0 Å². The standard InChI is InChI=1S/C72H129NO8/c1-6-8-10-12-14-16-18-20-22-24-26-28-30-32-33-34-35-36-37-39-41-43-45-47-49-51-53-55-57-59-61-63-70(75)81-68(67-80-72(71(76)77)78-65-64-73(3,4)5)66-79-69(74)62-60-58-56-54-52-50-48-46-44-42-40-38-31-29-27-25-23-21-19-17-15-13-11-9-7-2/h8,10,14,16,20,22,26,28,32-33,35-36,68,72H,6-7,9,11-13,15,17-19,21,23-25,27,29-31,34,37-67H2,1-5H3/b10-8-,16-14-,22-20-,28-26-,33-32-,36-35-. The van der Waals surface area contributed by atoms with Crippen LogP contribution in [-0.4, -0.2) is 82.3 Å². The van der Waals surface area contributed by atoms with Crippen LogP contribution < -0.4 is 5.11 Å². The molecular formula is C72H129NO8. The highest BCUT2D eigenvalue weighted by molar-refractivity contribution is 5.70. The van der Waals surface area contributed by atoms with Crippen molar-refractivity contribution < 1.29 is 42.9 Å². The number of carbonyl (C=O) groups excluding carboxylic acids is 3. The number of likely N-dealkylation sites (N-methyl/N-ethyl adjacent to an activating group) is 1. The van der Waals surface area contributed by atoms with Crippen molar-refractivity contribution in [3.63, 3.8) is 0 Å². The quantitative estimate of drug-likeness (QED) is 0.0195. The second-order valence-electron chi connectivity index (χ2n) is 24.1. The lowest BCUT2D eigenvalue weighted by Crippen LogP contribution is -2.44. The van der Waals surface area contributed by atoms with Crippen molar-refractivity contribution in [2.45, 2.75) is 322 Å². The van der Waals surface area contributed by atoms with Crippen molar-refractivity contribution in [1.82, 2.24) is 0 Å². The molecule has 0 aromatic carbocycles. The highest BCUT2D eigenvalue weighted by Gasteiger charge is 2.22. The molecule has 0 bridgehead atoms. The topological polar surface area (TPSA) is 111 Å². The van der Waals surface area contributed by atoms with E-state index in [-0.39, 0.29) is 32.2 Å². The summed E-state index contributed by atoms with van der Waals surface area (Å²) < 4.78 is 22.8. The predicted molar refractivity (Wildman–Crippen MR) is 343 cm³/mol. The summed E-state index contributed by atoms with van der Waals surface area (Å²) in [5.41, 5.74) is 0. The zero-order valence-corrected chi connectivity index (χ0v) is 53.7. The number of rotatable bonds is 63. The zero-order valence-electron chi connectivity index (χ0n) is 53.7. The molecule has 0 fully saturated rings. The summed E-state index contributed by atoms with van der Waals surface area (Å²) in [5, 5.41) is 11.8. The number of carboxylic acids is 1. The molecular weight excluding hydrogens is 1010 g/mol. The third-order valence-corrected chi connectivity index (χ3v) is 15.0. The molecule has 0 aromatic rings. The van der Waals surface area contributed by atoms with Gasteiger partial charge in [-0.2, -0.15) is 0 Å². The summed E-state index contributed by atoms with van der Waals surface area (Å²) in [6.07, 6.45) is 79.7. The van der Waals surface area contributed by atoms with E-state index in [1.807, 2.05) is 21.1 Å². The summed E-state index contributed by atoms with van der Waals surface area (Å²) >= 11 is 0. The Morgan fingerprint density at radius 2 is 0.704 bits per heavy atom. The molecule has 9 heteroatoms. The van der Waals surface area contributed by atoms with Crippen molar-refractivity contribution in [3.05, 3.63) is 72.9 Å². The predicted octanol–water partition coefficient (Wildman–Crippen LogP) is 19.6. The van der Waals surface area contributed by atoms with Gasteiger partial charge in [0.05, 0.1) is 40.3 Å². The van der Waals surface area contributed by atoms with Crippen molar-refractivity contribution in [2.24, 2.45) is 0 Å². The first-order chi connectivity index (χ1) is 39.6. The number of nitrogens with zero attached hydrogens (tertiary/aromatic N) is 1. The lowest BCUT2D eigenvalue weighted by molar-refractivity contribution is -0.870. The van der Waals surface area contributed by atoms with Crippen LogP contribution in [0.3, 0.4) is 0 Å². The number of unbranched alkanes of at least 4 members (excludes halogenated alkanes) is 36. The maximum atomic E-state index is 12.9. The fraction of sp³-hybridized carbons (Fsp3) is 0.792. The van der Waals surface area contributed by atoms with Gasteiger partial charge in [-0.3, -0.25) is 9.59 Å². The Hall–Kier alpha value is -3.27. The van der Waals surface area contributed by atoms with Gasteiger partial charge < -0.3 is 33.3 Å². The van der Waals surface area contributed by atoms with Crippen molar-refractivity contribution in [2.75, 3.05) is 47.5 Å².